The van der Waals surface area contributed by atoms with Gasteiger partial charge in [-0.2, -0.15) is 13.2 Å². The first-order valence-corrected chi connectivity index (χ1v) is 11.3. The highest BCUT2D eigenvalue weighted by Crippen LogP contribution is 2.37. The van der Waals surface area contributed by atoms with Gasteiger partial charge in [-0.3, -0.25) is 4.98 Å². The molecule has 0 fully saturated rings. The van der Waals surface area contributed by atoms with Crippen LogP contribution in [0.25, 0.3) is 0 Å². The minimum Gasteiger partial charge on any atom is -0.322 e. The van der Waals surface area contributed by atoms with Crippen LogP contribution in [-0.4, -0.2) is 11.0 Å². The number of rotatable bonds is 6. The maximum Gasteiger partial charge on any atom is 0.416 e. The summed E-state index contributed by atoms with van der Waals surface area (Å²) >= 11 is 6.02. The zero-order valence-electron chi connectivity index (χ0n) is 19.0. The molecule has 1 atom stereocenters. The van der Waals surface area contributed by atoms with Crippen LogP contribution < -0.4 is 10.6 Å². The molecule has 4 nitrogen and oxygen atoms in total. The Morgan fingerprint density at radius 1 is 0.838 bits per heavy atom. The van der Waals surface area contributed by atoms with E-state index in [1.165, 1.54) is 30.5 Å². The van der Waals surface area contributed by atoms with E-state index in [0.29, 0.717) is 5.56 Å². The molecule has 190 valence electrons. The fourth-order valence-electron chi connectivity index (χ4n) is 3.94. The first kappa shape index (κ1) is 26.1. The molecule has 0 radical (unpaired) electrons. The number of aromatic nitrogens is 1. The van der Waals surface area contributed by atoms with E-state index in [0.717, 1.165) is 30.3 Å². The Hall–Kier alpha value is -3.98. The predicted octanol–water partition coefficient (Wildman–Crippen LogP) is 7.34. The second kappa shape index (κ2) is 10.6. The lowest BCUT2D eigenvalue weighted by molar-refractivity contribution is -0.137. The molecule has 1 unspecified atom stereocenters. The molecule has 2 N–H and O–H groups in total. The molecular weight excluding hydrogens is 513 g/mol. The summed E-state index contributed by atoms with van der Waals surface area (Å²) < 4.78 is 68.0. The lowest BCUT2D eigenvalue weighted by Crippen LogP contribution is -2.50. The number of amides is 2. The van der Waals surface area contributed by atoms with E-state index in [9.17, 15) is 26.7 Å². The van der Waals surface area contributed by atoms with Crippen molar-refractivity contribution in [2.24, 2.45) is 0 Å². The lowest BCUT2D eigenvalue weighted by atomic mass is 9.80. The summed E-state index contributed by atoms with van der Waals surface area (Å²) in [7, 11) is 0. The summed E-state index contributed by atoms with van der Waals surface area (Å²) in [6, 6.07) is 18.3. The summed E-state index contributed by atoms with van der Waals surface area (Å²) in [5, 5.41) is 5.45. The molecule has 0 aliphatic carbocycles. The van der Waals surface area contributed by atoms with Crippen LogP contribution >= 0.6 is 11.6 Å². The first-order chi connectivity index (χ1) is 17.6. The SMILES string of the molecule is O=C(Nc1ccc(F)c(F)c1)NC(Cc1ccccc1)(c1cccc(C(F)(F)F)c1)c1ccc(Cl)cn1. The molecule has 1 heterocycles. The minimum atomic E-state index is -4.64. The highest BCUT2D eigenvalue weighted by Gasteiger charge is 2.40. The van der Waals surface area contributed by atoms with Crippen molar-refractivity contribution in [3.05, 3.63) is 130 Å². The number of halogens is 6. The van der Waals surface area contributed by atoms with Crippen molar-refractivity contribution < 1.29 is 26.7 Å². The fraction of sp³-hybridized carbons (Fsp3) is 0.111. The number of benzene rings is 3. The minimum absolute atomic E-state index is 0.00891. The zero-order valence-corrected chi connectivity index (χ0v) is 19.7. The molecule has 37 heavy (non-hydrogen) atoms. The molecule has 3 aromatic carbocycles. The Bertz CT molecular complexity index is 1400. The lowest BCUT2D eigenvalue weighted by Gasteiger charge is -2.36. The van der Waals surface area contributed by atoms with Crippen molar-refractivity contribution in [2.75, 3.05) is 5.32 Å². The molecule has 0 aliphatic rings. The van der Waals surface area contributed by atoms with E-state index in [-0.39, 0.29) is 28.4 Å². The van der Waals surface area contributed by atoms with Crippen LogP contribution in [-0.2, 0) is 18.1 Å². The van der Waals surface area contributed by atoms with Crippen LogP contribution in [0.5, 0.6) is 0 Å². The van der Waals surface area contributed by atoms with Gasteiger partial charge in [0.1, 0.15) is 5.54 Å². The van der Waals surface area contributed by atoms with Gasteiger partial charge in [-0.25, -0.2) is 13.6 Å². The second-order valence-electron chi connectivity index (χ2n) is 8.22. The quantitative estimate of drug-likeness (QED) is 0.256. The van der Waals surface area contributed by atoms with Crippen LogP contribution in [0.4, 0.5) is 32.4 Å². The Morgan fingerprint density at radius 3 is 2.22 bits per heavy atom. The second-order valence-corrected chi connectivity index (χ2v) is 8.65. The average molecular weight is 532 g/mol. The van der Waals surface area contributed by atoms with Crippen molar-refractivity contribution >= 4 is 23.3 Å². The van der Waals surface area contributed by atoms with E-state index in [2.05, 4.69) is 15.6 Å². The number of nitrogens with zero attached hydrogens (tertiary/aromatic N) is 1. The highest BCUT2D eigenvalue weighted by atomic mass is 35.5. The topological polar surface area (TPSA) is 54.0 Å². The van der Waals surface area contributed by atoms with Gasteiger partial charge in [0.05, 0.1) is 16.3 Å². The Labute approximate surface area is 214 Å². The smallest absolute Gasteiger partial charge is 0.322 e. The monoisotopic (exact) mass is 531 g/mol. The average Bonchev–Trinajstić information content (AvgIpc) is 2.86. The molecule has 4 rings (SSSR count). The molecule has 0 saturated heterocycles. The van der Waals surface area contributed by atoms with Crippen molar-refractivity contribution in [3.63, 3.8) is 0 Å². The predicted molar refractivity (Wildman–Crippen MR) is 130 cm³/mol. The van der Waals surface area contributed by atoms with Gasteiger partial charge in [-0.1, -0.05) is 54.1 Å². The third kappa shape index (κ3) is 6.06. The number of hydrogen-bond donors (Lipinski definition) is 2. The maximum absolute atomic E-state index is 13.7. The largest absolute Gasteiger partial charge is 0.416 e. The zero-order chi connectivity index (χ0) is 26.6. The Balaban J connectivity index is 1.86. The number of pyridine rings is 1. The van der Waals surface area contributed by atoms with Crippen LogP contribution in [0.15, 0.2) is 91.1 Å². The van der Waals surface area contributed by atoms with E-state index in [1.807, 2.05) is 0 Å². The van der Waals surface area contributed by atoms with Crippen molar-refractivity contribution in [2.45, 2.75) is 18.1 Å². The number of urea groups is 1. The van der Waals surface area contributed by atoms with E-state index < -0.39 is 34.9 Å². The van der Waals surface area contributed by atoms with Gasteiger partial charge in [-0.15, -0.1) is 0 Å². The number of alkyl halides is 3. The summed E-state index contributed by atoms with van der Waals surface area (Å²) in [6.45, 7) is 0. The van der Waals surface area contributed by atoms with Crippen LogP contribution in [0.1, 0.15) is 22.4 Å². The third-order valence-corrected chi connectivity index (χ3v) is 5.89. The van der Waals surface area contributed by atoms with Crippen LogP contribution in [0.3, 0.4) is 0 Å². The van der Waals surface area contributed by atoms with Gasteiger partial charge < -0.3 is 10.6 Å². The highest BCUT2D eigenvalue weighted by molar-refractivity contribution is 6.30. The fourth-order valence-corrected chi connectivity index (χ4v) is 4.05. The van der Waals surface area contributed by atoms with Crippen LogP contribution in [0, 0.1) is 11.6 Å². The van der Waals surface area contributed by atoms with Crippen molar-refractivity contribution in [1.29, 1.82) is 0 Å². The molecule has 0 bridgehead atoms. The van der Waals surface area contributed by atoms with Gasteiger partial charge in [0.2, 0.25) is 0 Å². The van der Waals surface area contributed by atoms with Crippen molar-refractivity contribution in [1.82, 2.24) is 10.3 Å². The third-order valence-electron chi connectivity index (χ3n) is 5.66. The molecular formula is C27H19ClF5N3O. The summed E-state index contributed by atoms with van der Waals surface area (Å²) in [5.74, 6) is -2.27. The summed E-state index contributed by atoms with van der Waals surface area (Å²) in [4.78, 5) is 17.5. The van der Waals surface area contributed by atoms with Gasteiger partial charge in [0.15, 0.2) is 11.6 Å². The molecule has 0 spiro atoms. The number of anilines is 1. The number of nitrogens with one attached hydrogen (secondary N) is 2. The summed E-state index contributed by atoms with van der Waals surface area (Å²) in [5.41, 5.74) is -1.60. The Morgan fingerprint density at radius 2 is 1.57 bits per heavy atom. The first-order valence-electron chi connectivity index (χ1n) is 10.9. The molecule has 1 aromatic heterocycles. The summed E-state index contributed by atoms with van der Waals surface area (Å²) in [6.07, 6.45) is -3.32. The molecule has 2 amide bonds. The van der Waals surface area contributed by atoms with E-state index in [1.54, 1.807) is 30.3 Å². The molecule has 0 saturated carbocycles. The molecule has 4 aromatic rings. The normalized spacial score (nSPS) is 13.0. The van der Waals surface area contributed by atoms with Crippen LogP contribution in [0.2, 0.25) is 5.02 Å². The number of hydrogen-bond acceptors (Lipinski definition) is 2. The number of carbonyl (C=O) groups is 1. The Kier molecular flexibility index (Phi) is 7.45. The van der Waals surface area contributed by atoms with Crippen molar-refractivity contribution in [3.8, 4) is 0 Å². The van der Waals surface area contributed by atoms with E-state index in [4.69, 9.17) is 11.6 Å². The van der Waals surface area contributed by atoms with Gasteiger partial charge in [-0.05, 0) is 47.5 Å². The van der Waals surface area contributed by atoms with Gasteiger partial charge in [0, 0.05) is 24.4 Å². The standard InChI is InChI=1S/C27H19ClF5N3O/c28-20-9-12-24(34-16-20)26(15-17-5-2-1-3-6-17,18-7-4-8-19(13-18)27(31,32)33)36-25(37)35-21-10-11-22(29)23(30)14-21/h1-14,16H,15H2,(H2,35,36,37). The van der Waals surface area contributed by atoms with Gasteiger partial charge in [0.25, 0.3) is 0 Å². The maximum atomic E-state index is 13.7. The van der Waals surface area contributed by atoms with E-state index >= 15 is 0 Å². The van der Waals surface area contributed by atoms with Gasteiger partial charge >= 0.3 is 12.2 Å². The number of carbonyl (C=O) groups excluding carboxylic acids is 1. The molecule has 0 aliphatic heterocycles. The molecule has 10 heteroatoms.